The first kappa shape index (κ1) is 17.8. The first-order valence-corrected chi connectivity index (χ1v) is 9.59. The minimum atomic E-state index is 0.431. The molecule has 0 saturated carbocycles. The van der Waals surface area contributed by atoms with E-state index in [-0.39, 0.29) is 0 Å². The second kappa shape index (κ2) is 7.88. The SMILES string of the molecule is COc1cc(OC)cc(-c2nnc(SCc3csc(C(C)C)n3)o2)c1. The summed E-state index contributed by atoms with van der Waals surface area (Å²) in [5.41, 5.74) is 1.79. The maximum Gasteiger partial charge on any atom is 0.277 e. The zero-order valence-electron chi connectivity index (χ0n) is 14.5. The fourth-order valence-electron chi connectivity index (χ4n) is 2.11. The molecule has 25 heavy (non-hydrogen) atoms. The highest BCUT2D eigenvalue weighted by Crippen LogP contribution is 2.31. The predicted octanol–water partition coefficient (Wildman–Crippen LogP) is 4.63. The Balaban J connectivity index is 1.71. The molecule has 0 spiro atoms. The van der Waals surface area contributed by atoms with Gasteiger partial charge in [0.05, 0.1) is 24.9 Å². The van der Waals surface area contributed by atoms with Gasteiger partial charge in [0.25, 0.3) is 5.22 Å². The Morgan fingerprint density at radius 1 is 1.12 bits per heavy atom. The third-order valence-corrected chi connectivity index (χ3v) is 5.46. The molecule has 1 aromatic carbocycles. The molecule has 3 rings (SSSR count). The fourth-order valence-corrected chi connectivity index (χ4v) is 3.70. The number of hydrogen-bond donors (Lipinski definition) is 0. The van der Waals surface area contributed by atoms with Gasteiger partial charge in [0.1, 0.15) is 11.5 Å². The van der Waals surface area contributed by atoms with Gasteiger partial charge in [-0.05, 0) is 12.1 Å². The van der Waals surface area contributed by atoms with Crippen LogP contribution < -0.4 is 9.47 Å². The summed E-state index contributed by atoms with van der Waals surface area (Å²) in [4.78, 5) is 4.61. The van der Waals surface area contributed by atoms with Crippen LogP contribution in [0.5, 0.6) is 11.5 Å². The molecule has 0 aliphatic carbocycles. The van der Waals surface area contributed by atoms with E-state index in [0.717, 1.165) is 16.3 Å². The van der Waals surface area contributed by atoms with E-state index in [1.165, 1.54) is 11.8 Å². The summed E-state index contributed by atoms with van der Waals surface area (Å²) in [6, 6.07) is 5.46. The van der Waals surface area contributed by atoms with Gasteiger partial charge >= 0.3 is 0 Å². The average molecular weight is 377 g/mol. The van der Waals surface area contributed by atoms with Crippen LogP contribution in [0, 0.1) is 0 Å². The highest BCUT2D eigenvalue weighted by Gasteiger charge is 2.13. The summed E-state index contributed by atoms with van der Waals surface area (Å²) in [7, 11) is 3.21. The molecule has 0 bridgehead atoms. The van der Waals surface area contributed by atoms with Crippen molar-refractivity contribution >= 4 is 23.1 Å². The third kappa shape index (κ3) is 4.32. The molecule has 0 unspecified atom stereocenters. The highest BCUT2D eigenvalue weighted by atomic mass is 32.2. The lowest BCUT2D eigenvalue weighted by molar-refractivity contribution is 0.394. The van der Waals surface area contributed by atoms with Crippen LogP contribution in [0.4, 0.5) is 0 Å². The molecule has 0 saturated heterocycles. The van der Waals surface area contributed by atoms with Crippen LogP contribution >= 0.6 is 23.1 Å². The van der Waals surface area contributed by atoms with E-state index in [9.17, 15) is 0 Å². The maximum atomic E-state index is 5.75. The van der Waals surface area contributed by atoms with Gasteiger partial charge in [-0.3, -0.25) is 0 Å². The van der Waals surface area contributed by atoms with Crippen LogP contribution in [0.2, 0.25) is 0 Å². The number of nitrogens with zero attached hydrogens (tertiary/aromatic N) is 3. The lowest BCUT2D eigenvalue weighted by Crippen LogP contribution is -1.88. The number of methoxy groups -OCH3 is 2. The second-order valence-corrected chi connectivity index (χ2v) is 7.41. The van der Waals surface area contributed by atoms with Gasteiger partial charge in [0.15, 0.2) is 0 Å². The molecule has 132 valence electrons. The van der Waals surface area contributed by atoms with Gasteiger partial charge in [-0.2, -0.15) is 0 Å². The van der Waals surface area contributed by atoms with Gasteiger partial charge in [-0.1, -0.05) is 25.6 Å². The van der Waals surface area contributed by atoms with E-state index >= 15 is 0 Å². The first-order valence-electron chi connectivity index (χ1n) is 7.73. The summed E-state index contributed by atoms with van der Waals surface area (Å²) in [5.74, 6) is 2.92. The Kier molecular flexibility index (Phi) is 5.60. The van der Waals surface area contributed by atoms with Gasteiger partial charge in [-0.15, -0.1) is 21.5 Å². The minimum Gasteiger partial charge on any atom is -0.497 e. The standard InChI is InChI=1S/C17H19N3O3S2/c1-10(2)16-18-12(8-24-16)9-25-17-20-19-15(23-17)11-5-13(21-3)7-14(6-11)22-4/h5-8,10H,9H2,1-4H3. The van der Waals surface area contributed by atoms with Crippen molar-refractivity contribution in [3.8, 4) is 23.0 Å². The van der Waals surface area contributed by atoms with Crippen LogP contribution in [0.25, 0.3) is 11.5 Å². The van der Waals surface area contributed by atoms with Crippen molar-refractivity contribution in [2.24, 2.45) is 0 Å². The summed E-state index contributed by atoms with van der Waals surface area (Å²) in [6.07, 6.45) is 0. The van der Waals surface area contributed by atoms with E-state index in [0.29, 0.717) is 34.3 Å². The molecule has 0 atom stereocenters. The minimum absolute atomic E-state index is 0.431. The van der Waals surface area contributed by atoms with Crippen molar-refractivity contribution < 1.29 is 13.9 Å². The number of hydrogen-bond acceptors (Lipinski definition) is 8. The van der Waals surface area contributed by atoms with Crippen molar-refractivity contribution in [2.45, 2.75) is 30.7 Å². The number of thiazole rings is 1. The molecule has 3 aromatic rings. The summed E-state index contributed by atoms with van der Waals surface area (Å²) in [5, 5.41) is 11.9. The Bertz CT molecular complexity index is 823. The lowest BCUT2D eigenvalue weighted by atomic mass is 10.2. The van der Waals surface area contributed by atoms with Gasteiger partial charge in [-0.25, -0.2) is 4.98 Å². The Labute approximate surface area is 154 Å². The van der Waals surface area contributed by atoms with Crippen molar-refractivity contribution in [1.29, 1.82) is 0 Å². The molecule has 0 radical (unpaired) electrons. The van der Waals surface area contributed by atoms with Crippen LogP contribution in [-0.4, -0.2) is 29.4 Å². The molecule has 0 aliphatic heterocycles. The van der Waals surface area contributed by atoms with E-state index in [1.807, 2.05) is 12.1 Å². The van der Waals surface area contributed by atoms with E-state index in [1.54, 1.807) is 31.6 Å². The molecular weight excluding hydrogens is 358 g/mol. The normalized spacial score (nSPS) is 11.1. The van der Waals surface area contributed by atoms with Gasteiger partial charge in [0.2, 0.25) is 5.89 Å². The highest BCUT2D eigenvalue weighted by molar-refractivity contribution is 7.98. The van der Waals surface area contributed by atoms with Gasteiger partial charge in [0, 0.05) is 28.7 Å². The summed E-state index contributed by atoms with van der Waals surface area (Å²) in [6.45, 7) is 4.28. The molecule has 6 nitrogen and oxygen atoms in total. The molecule has 0 aliphatic rings. The zero-order chi connectivity index (χ0) is 17.8. The molecule has 0 N–H and O–H groups in total. The maximum absolute atomic E-state index is 5.75. The van der Waals surface area contributed by atoms with Crippen LogP contribution in [0.3, 0.4) is 0 Å². The number of aromatic nitrogens is 3. The molecular formula is C17H19N3O3S2. The van der Waals surface area contributed by atoms with Crippen molar-refractivity contribution in [2.75, 3.05) is 14.2 Å². The first-order chi connectivity index (χ1) is 12.1. The molecule has 2 aromatic heterocycles. The molecule has 0 fully saturated rings. The van der Waals surface area contributed by atoms with Crippen molar-refractivity contribution in [3.63, 3.8) is 0 Å². The average Bonchev–Trinajstić information content (AvgIpc) is 3.28. The Hall–Kier alpha value is -2.06. The Morgan fingerprint density at radius 2 is 1.84 bits per heavy atom. The van der Waals surface area contributed by atoms with Crippen molar-refractivity contribution in [1.82, 2.24) is 15.2 Å². The van der Waals surface area contributed by atoms with E-state index in [4.69, 9.17) is 13.9 Å². The molecule has 8 heteroatoms. The predicted molar refractivity (Wildman–Crippen MR) is 98.6 cm³/mol. The quantitative estimate of drug-likeness (QED) is 0.556. The Morgan fingerprint density at radius 3 is 2.44 bits per heavy atom. The number of rotatable bonds is 7. The number of ether oxygens (including phenoxy) is 2. The van der Waals surface area contributed by atoms with E-state index < -0.39 is 0 Å². The topological polar surface area (TPSA) is 70.3 Å². The zero-order valence-corrected chi connectivity index (χ0v) is 16.1. The van der Waals surface area contributed by atoms with Crippen molar-refractivity contribution in [3.05, 3.63) is 34.3 Å². The largest absolute Gasteiger partial charge is 0.497 e. The third-order valence-electron chi connectivity index (χ3n) is 3.41. The smallest absolute Gasteiger partial charge is 0.277 e. The molecule has 0 amide bonds. The number of thioether (sulfide) groups is 1. The van der Waals surface area contributed by atoms with Crippen LogP contribution in [0.15, 0.2) is 33.2 Å². The van der Waals surface area contributed by atoms with Gasteiger partial charge < -0.3 is 13.9 Å². The number of benzene rings is 1. The lowest BCUT2D eigenvalue weighted by Gasteiger charge is -2.05. The second-order valence-electron chi connectivity index (χ2n) is 5.59. The summed E-state index contributed by atoms with van der Waals surface area (Å²) >= 11 is 3.16. The van der Waals surface area contributed by atoms with Crippen LogP contribution in [0.1, 0.15) is 30.5 Å². The summed E-state index contributed by atoms with van der Waals surface area (Å²) < 4.78 is 16.3. The van der Waals surface area contributed by atoms with E-state index in [2.05, 4.69) is 34.4 Å². The molecule has 2 heterocycles. The monoisotopic (exact) mass is 377 g/mol. The fraction of sp³-hybridized carbons (Fsp3) is 0.353. The van der Waals surface area contributed by atoms with Crippen LogP contribution in [-0.2, 0) is 5.75 Å².